The lowest BCUT2D eigenvalue weighted by atomic mass is 9.45. The molecule has 0 aromatic rings. The van der Waals surface area contributed by atoms with Crippen molar-refractivity contribution < 1.29 is 5.21 Å². The minimum atomic E-state index is 0.423. The molecule has 4 fully saturated rings. The molecule has 4 saturated carbocycles. The largest absolute Gasteiger partial charge is 0.411 e. The average molecular weight is 289 g/mol. The third kappa shape index (κ3) is 1.86. The third-order valence-corrected chi connectivity index (χ3v) is 8.30. The molecule has 2 nitrogen and oxygen atoms in total. The van der Waals surface area contributed by atoms with Crippen molar-refractivity contribution >= 4 is 5.71 Å². The first-order chi connectivity index (χ1) is 10.1. The Labute approximate surface area is 129 Å². The summed E-state index contributed by atoms with van der Waals surface area (Å²) in [7, 11) is 0. The number of hydrogen-bond donors (Lipinski definition) is 1. The summed E-state index contributed by atoms with van der Waals surface area (Å²) >= 11 is 0. The Morgan fingerprint density at radius 3 is 2.62 bits per heavy atom. The van der Waals surface area contributed by atoms with E-state index >= 15 is 0 Å². The van der Waals surface area contributed by atoms with Crippen LogP contribution in [0.25, 0.3) is 0 Å². The number of fused-ring (bicyclic) bond motifs is 5. The van der Waals surface area contributed by atoms with Crippen molar-refractivity contribution in [2.45, 2.75) is 78.1 Å². The molecule has 2 heteroatoms. The van der Waals surface area contributed by atoms with Gasteiger partial charge in [0.1, 0.15) is 0 Å². The van der Waals surface area contributed by atoms with Gasteiger partial charge in [0.15, 0.2) is 0 Å². The fourth-order valence-electron chi connectivity index (χ4n) is 7.23. The van der Waals surface area contributed by atoms with Gasteiger partial charge in [-0.15, -0.1) is 0 Å². The molecule has 4 aliphatic carbocycles. The van der Waals surface area contributed by atoms with E-state index in [2.05, 4.69) is 19.0 Å². The van der Waals surface area contributed by atoms with Crippen LogP contribution in [0.1, 0.15) is 78.1 Å². The van der Waals surface area contributed by atoms with Crippen molar-refractivity contribution in [2.24, 2.45) is 39.7 Å². The minimum Gasteiger partial charge on any atom is -0.411 e. The van der Waals surface area contributed by atoms with Crippen LogP contribution in [0.2, 0.25) is 0 Å². The molecule has 0 spiro atoms. The van der Waals surface area contributed by atoms with Crippen LogP contribution < -0.4 is 0 Å². The molecule has 4 aliphatic rings. The fourth-order valence-corrected chi connectivity index (χ4v) is 7.23. The summed E-state index contributed by atoms with van der Waals surface area (Å²) in [6.45, 7) is 5.09. The zero-order valence-corrected chi connectivity index (χ0v) is 13.8. The fraction of sp³-hybridized carbons (Fsp3) is 0.947. The Balaban J connectivity index is 1.72. The van der Waals surface area contributed by atoms with Crippen molar-refractivity contribution in [3.05, 3.63) is 0 Å². The van der Waals surface area contributed by atoms with E-state index in [0.29, 0.717) is 16.7 Å². The first-order valence-electron chi connectivity index (χ1n) is 9.29. The molecule has 0 amide bonds. The van der Waals surface area contributed by atoms with Gasteiger partial charge in [0.05, 0.1) is 5.71 Å². The van der Waals surface area contributed by atoms with E-state index in [-0.39, 0.29) is 0 Å². The summed E-state index contributed by atoms with van der Waals surface area (Å²) in [5.41, 5.74) is 2.18. The third-order valence-electron chi connectivity index (χ3n) is 8.30. The Kier molecular flexibility index (Phi) is 3.17. The summed E-state index contributed by atoms with van der Waals surface area (Å²) < 4.78 is 0. The molecule has 0 radical (unpaired) electrons. The van der Waals surface area contributed by atoms with Crippen molar-refractivity contribution in [1.82, 2.24) is 0 Å². The second-order valence-corrected chi connectivity index (χ2v) is 9.06. The Morgan fingerprint density at radius 1 is 0.952 bits per heavy atom. The molecule has 0 unspecified atom stereocenters. The van der Waals surface area contributed by atoms with E-state index in [1.54, 1.807) is 0 Å². The monoisotopic (exact) mass is 289 g/mol. The van der Waals surface area contributed by atoms with E-state index in [0.717, 1.165) is 29.9 Å². The SMILES string of the molecule is C[C@@]12CCC[C@H]1[C@@H]1C/C(=N\O)[C@H]3CCCC[C@]3(C)[C@H]1CC2. The van der Waals surface area contributed by atoms with Crippen LogP contribution in [0.15, 0.2) is 5.16 Å². The first-order valence-corrected chi connectivity index (χ1v) is 9.29. The van der Waals surface area contributed by atoms with Gasteiger partial charge in [0.2, 0.25) is 0 Å². The zero-order valence-electron chi connectivity index (χ0n) is 13.8. The second-order valence-electron chi connectivity index (χ2n) is 9.06. The molecule has 118 valence electrons. The molecule has 0 aromatic heterocycles. The van der Waals surface area contributed by atoms with Gasteiger partial charge in [-0.2, -0.15) is 0 Å². The van der Waals surface area contributed by atoms with Gasteiger partial charge in [-0.1, -0.05) is 38.3 Å². The zero-order chi connectivity index (χ0) is 14.7. The standard InChI is InChI=1S/C19H31NO/c1-18-9-5-7-14(18)13-12-17(20-21)16-6-3-4-10-19(16,2)15(13)8-11-18/h13-16,21H,3-12H2,1-2H3/b20-17+/t13-,14-,15-,16+,18-,19+/m0/s1. The van der Waals surface area contributed by atoms with Crippen LogP contribution in [0.3, 0.4) is 0 Å². The van der Waals surface area contributed by atoms with E-state index in [9.17, 15) is 5.21 Å². The maximum Gasteiger partial charge on any atom is 0.0610 e. The van der Waals surface area contributed by atoms with Crippen LogP contribution in [0.5, 0.6) is 0 Å². The molecule has 0 heterocycles. The summed E-state index contributed by atoms with van der Waals surface area (Å²) in [6, 6.07) is 0. The first kappa shape index (κ1) is 14.1. The molecule has 0 saturated heterocycles. The number of nitrogens with zero attached hydrogens (tertiary/aromatic N) is 1. The predicted octanol–water partition coefficient (Wildman–Crippen LogP) is 5.25. The van der Waals surface area contributed by atoms with Gasteiger partial charge < -0.3 is 5.21 Å². The molecule has 0 aliphatic heterocycles. The molecule has 1 N–H and O–H groups in total. The molecule has 21 heavy (non-hydrogen) atoms. The van der Waals surface area contributed by atoms with Crippen molar-refractivity contribution in [3.63, 3.8) is 0 Å². The van der Waals surface area contributed by atoms with Gasteiger partial charge in [-0.25, -0.2) is 0 Å². The molecular formula is C19H31NO. The average Bonchev–Trinajstić information content (AvgIpc) is 2.87. The van der Waals surface area contributed by atoms with Gasteiger partial charge in [-0.05, 0) is 73.5 Å². The summed E-state index contributed by atoms with van der Waals surface area (Å²) in [4.78, 5) is 0. The molecule has 0 aromatic carbocycles. The molecule has 6 atom stereocenters. The van der Waals surface area contributed by atoms with E-state index in [1.165, 1.54) is 57.8 Å². The second kappa shape index (κ2) is 4.73. The van der Waals surface area contributed by atoms with Crippen LogP contribution in [-0.4, -0.2) is 10.9 Å². The smallest absolute Gasteiger partial charge is 0.0610 e. The summed E-state index contributed by atoms with van der Waals surface area (Å²) in [5.74, 6) is 3.16. The van der Waals surface area contributed by atoms with Gasteiger partial charge in [-0.3, -0.25) is 0 Å². The highest BCUT2D eigenvalue weighted by Crippen LogP contribution is 2.65. The van der Waals surface area contributed by atoms with Gasteiger partial charge >= 0.3 is 0 Å². The Hall–Kier alpha value is -0.530. The lowest BCUT2D eigenvalue weighted by Crippen LogP contribution is -2.55. The van der Waals surface area contributed by atoms with Crippen molar-refractivity contribution in [1.29, 1.82) is 0 Å². The Bertz CT molecular complexity index is 458. The highest BCUT2D eigenvalue weighted by Gasteiger charge is 2.58. The van der Waals surface area contributed by atoms with Crippen LogP contribution in [0.4, 0.5) is 0 Å². The van der Waals surface area contributed by atoms with E-state index in [1.807, 2.05) is 0 Å². The topological polar surface area (TPSA) is 32.6 Å². The summed E-state index contributed by atoms with van der Waals surface area (Å²) in [5, 5.41) is 13.4. The summed E-state index contributed by atoms with van der Waals surface area (Å²) in [6.07, 6.45) is 13.6. The number of rotatable bonds is 0. The normalized spacial score (nSPS) is 54.9. The van der Waals surface area contributed by atoms with Crippen LogP contribution in [-0.2, 0) is 0 Å². The highest BCUT2D eigenvalue weighted by atomic mass is 16.4. The van der Waals surface area contributed by atoms with Crippen LogP contribution >= 0.6 is 0 Å². The maximum absolute atomic E-state index is 9.63. The lowest BCUT2D eigenvalue weighted by molar-refractivity contribution is -0.0642. The van der Waals surface area contributed by atoms with Gasteiger partial charge in [0, 0.05) is 5.92 Å². The van der Waals surface area contributed by atoms with E-state index < -0.39 is 0 Å². The van der Waals surface area contributed by atoms with Crippen LogP contribution in [0, 0.1) is 34.5 Å². The van der Waals surface area contributed by atoms with Crippen molar-refractivity contribution in [2.75, 3.05) is 0 Å². The van der Waals surface area contributed by atoms with Gasteiger partial charge in [0.25, 0.3) is 0 Å². The quantitative estimate of drug-likeness (QED) is 0.479. The maximum atomic E-state index is 9.63. The highest BCUT2D eigenvalue weighted by molar-refractivity contribution is 5.88. The Morgan fingerprint density at radius 2 is 1.81 bits per heavy atom. The number of oxime groups is 1. The molecule has 4 rings (SSSR count). The molecule has 0 bridgehead atoms. The van der Waals surface area contributed by atoms with E-state index in [4.69, 9.17) is 0 Å². The molecular weight excluding hydrogens is 258 g/mol. The minimum absolute atomic E-state index is 0.423. The predicted molar refractivity (Wildman–Crippen MR) is 85.6 cm³/mol. The number of hydrogen-bond acceptors (Lipinski definition) is 2. The van der Waals surface area contributed by atoms with Crippen molar-refractivity contribution in [3.8, 4) is 0 Å². The lowest BCUT2D eigenvalue weighted by Gasteiger charge is -2.59.